The van der Waals surface area contributed by atoms with Crippen LogP contribution in [0.1, 0.15) is 17.0 Å². The molecule has 0 amide bonds. The maximum Gasteiger partial charge on any atom is 0.177 e. The van der Waals surface area contributed by atoms with Crippen molar-refractivity contribution in [3.63, 3.8) is 0 Å². The third-order valence-electron chi connectivity index (χ3n) is 3.07. The second kappa shape index (κ2) is 4.72. The van der Waals surface area contributed by atoms with E-state index in [1.54, 1.807) is 7.11 Å². The zero-order valence-corrected chi connectivity index (χ0v) is 11.0. The van der Waals surface area contributed by atoms with Crippen LogP contribution in [-0.2, 0) is 6.42 Å². The number of rotatable bonds is 3. The molecule has 0 fully saturated rings. The SMILES string of the molecule is COc1ccccc1Cc1nc2ncc(C)cc2[nH]1. The fourth-order valence-corrected chi connectivity index (χ4v) is 2.17. The molecule has 96 valence electrons. The van der Waals surface area contributed by atoms with E-state index >= 15 is 0 Å². The first-order valence-electron chi connectivity index (χ1n) is 6.19. The van der Waals surface area contributed by atoms with Gasteiger partial charge in [-0.2, -0.15) is 0 Å². The summed E-state index contributed by atoms with van der Waals surface area (Å²) in [5, 5.41) is 0. The predicted octanol–water partition coefficient (Wildman–Crippen LogP) is 2.87. The number of methoxy groups -OCH3 is 1. The number of aromatic nitrogens is 3. The number of nitrogens with zero attached hydrogens (tertiary/aromatic N) is 2. The van der Waals surface area contributed by atoms with Crippen LogP contribution in [0.2, 0.25) is 0 Å². The highest BCUT2D eigenvalue weighted by atomic mass is 16.5. The molecule has 0 radical (unpaired) electrons. The van der Waals surface area contributed by atoms with Gasteiger partial charge in [-0.1, -0.05) is 18.2 Å². The van der Waals surface area contributed by atoms with Gasteiger partial charge in [0.25, 0.3) is 0 Å². The fourth-order valence-electron chi connectivity index (χ4n) is 2.17. The molecule has 0 aliphatic heterocycles. The van der Waals surface area contributed by atoms with E-state index < -0.39 is 0 Å². The van der Waals surface area contributed by atoms with Crippen molar-refractivity contribution < 1.29 is 4.74 Å². The number of aryl methyl sites for hydroxylation is 1. The topological polar surface area (TPSA) is 50.8 Å². The number of para-hydroxylation sites is 1. The highest BCUT2D eigenvalue weighted by molar-refractivity contribution is 5.71. The molecule has 0 aliphatic rings. The molecule has 0 unspecified atom stereocenters. The smallest absolute Gasteiger partial charge is 0.177 e. The van der Waals surface area contributed by atoms with Gasteiger partial charge in [-0.25, -0.2) is 9.97 Å². The molecule has 1 aromatic carbocycles. The molecule has 0 aliphatic carbocycles. The molecule has 2 heterocycles. The van der Waals surface area contributed by atoms with Crippen molar-refractivity contribution in [3.05, 3.63) is 53.5 Å². The van der Waals surface area contributed by atoms with Gasteiger partial charge in [0.05, 0.1) is 12.6 Å². The number of ether oxygens (including phenoxy) is 1. The number of hydrogen-bond acceptors (Lipinski definition) is 3. The average Bonchev–Trinajstić information content (AvgIpc) is 2.80. The summed E-state index contributed by atoms with van der Waals surface area (Å²) in [7, 11) is 1.68. The lowest BCUT2D eigenvalue weighted by molar-refractivity contribution is 0.410. The van der Waals surface area contributed by atoms with Gasteiger partial charge in [0.2, 0.25) is 0 Å². The van der Waals surface area contributed by atoms with Crippen LogP contribution >= 0.6 is 0 Å². The number of aromatic amines is 1. The first kappa shape index (κ1) is 11.7. The molecule has 0 saturated carbocycles. The largest absolute Gasteiger partial charge is 0.496 e. The van der Waals surface area contributed by atoms with Gasteiger partial charge in [0, 0.05) is 18.2 Å². The first-order valence-corrected chi connectivity index (χ1v) is 6.19. The van der Waals surface area contributed by atoms with Crippen LogP contribution in [0.3, 0.4) is 0 Å². The van der Waals surface area contributed by atoms with E-state index in [4.69, 9.17) is 4.74 Å². The Bertz CT molecular complexity index is 718. The van der Waals surface area contributed by atoms with Gasteiger partial charge in [-0.3, -0.25) is 0 Å². The highest BCUT2D eigenvalue weighted by Crippen LogP contribution is 2.21. The summed E-state index contributed by atoms with van der Waals surface area (Å²) in [6.07, 6.45) is 2.54. The normalized spacial score (nSPS) is 10.8. The highest BCUT2D eigenvalue weighted by Gasteiger charge is 2.08. The summed E-state index contributed by atoms with van der Waals surface area (Å²) < 4.78 is 5.35. The zero-order valence-electron chi connectivity index (χ0n) is 11.0. The minimum absolute atomic E-state index is 0.708. The Morgan fingerprint density at radius 1 is 1.26 bits per heavy atom. The Balaban J connectivity index is 1.96. The number of pyridine rings is 1. The van der Waals surface area contributed by atoms with E-state index in [9.17, 15) is 0 Å². The Labute approximate surface area is 111 Å². The van der Waals surface area contributed by atoms with Gasteiger partial charge in [-0.15, -0.1) is 0 Å². The second-order valence-electron chi connectivity index (χ2n) is 4.56. The fraction of sp³-hybridized carbons (Fsp3) is 0.200. The van der Waals surface area contributed by atoms with Gasteiger partial charge in [0.1, 0.15) is 11.6 Å². The van der Waals surface area contributed by atoms with Gasteiger partial charge in [0.15, 0.2) is 5.65 Å². The van der Waals surface area contributed by atoms with Crippen molar-refractivity contribution in [2.24, 2.45) is 0 Å². The molecular formula is C15H15N3O. The molecule has 3 rings (SSSR count). The van der Waals surface area contributed by atoms with Crippen LogP contribution in [-0.4, -0.2) is 22.1 Å². The minimum Gasteiger partial charge on any atom is -0.496 e. The molecule has 0 spiro atoms. The molecule has 4 nitrogen and oxygen atoms in total. The molecule has 2 aromatic heterocycles. The standard InChI is InChI=1S/C15H15N3O/c1-10-7-12-15(16-9-10)18-14(17-12)8-11-5-3-4-6-13(11)19-2/h3-7,9H,8H2,1-2H3,(H,16,17,18). The van der Waals surface area contributed by atoms with Crippen molar-refractivity contribution in [3.8, 4) is 5.75 Å². The maximum atomic E-state index is 5.35. The summed E-state index contributed by atoms with van der Waals surface area (Å²) >= 11 is 0. The van der Waals surface area contributed by atoms with Crippen molar-refractivity contribution in [1.29, 1.82) is 0 Å². The molecule has 0 saturated heterocycles. The quantitative estimate of drug-likeness (QED) is 0.780. The van der Waals surface area contributed by atoms with Crippen LogP contribution in [0.15, 0.2) is 36.5 Å². The Morgan fingerprint density at radius 2 is 2.11 bits per heavy atom. The van der Waals surface area contributed by atoms with E-state index in [-0.39, 0.29) is 0 Å². The van der Waals surface area contributed by atoms with Crippen LogP contribution in [0.4, 0.5) is 0 Å². The molecule has 3 aromatic rings. The lowest BCUT2D eigenvalue weighted by Crippen LogP contribution is -1.94. The zero-order chi connectivity index (χ0) is 13.2. The Hall–Kier alpha value is -2.36. The number of nitrogens with one attached hydrogen (secondary N) is 1. The van der Waals surface area contributed by atoms with E-state index in [1.165, 1.54) is 0 Å². The predicted molar refractivity (Wildman–Crippen MR) is 74.4 cm³/mol. The molecule has 19 heavy (non-hydrogen) atoms. The van der Waals surface area contributed by atoms with Crippen LogP contribution in [0, 0.1) is 6.92 Å². The second-order valence-corrected chi connectivity index (χ2v) is 4.56. The third kappa shape index (κ3) is 2.29. The molecular weight excluding hydrogens is 238 g/mol. The number of benzene rings is 1. The molecule has 0 bridgehead atoms. The summed E-state index contributed by atoms with van der Waals surface area (Å²) in [6.45, 7) is 2.02. The van der Waals surface area contributed by atoms with E-state index in [0.717, 1.165) is 33.9 Å². The number of H-pyrrole nitrogens is 1. The number of imidazole rings is 1. The van der Waals surface area contributed by atoms with Gasteiger partial charge < -0.3 is 9.72 Å². The summed E-state index contributed by atoms with van der Waals surface area (Å²) in [5.41, 5.74) is 3.97. The van der Waals surface area contributed by atoms with Crippen LogP contribution < -0.4 is 4.74 Å². The first-order chi connectivity index (χ1) is 9.26. The van der Waals surface area contributed by atoms with Crippen molar-refractivity contribution in [2.45, 2.75) is 13.3 Å². The van der Waals surface area contributed by atoms with E-state index in [2.05, 4.69) is 21.0 Å². The summed E-state index contributed by atoms with van der Waals surface area (Å²) in [6, 6.07) is 10.0. The van der Waals surface area contributed by atoms with E-state index in [1.807, 2.05) is 37.4 Å². The van der Waals surface area contributed by atoms with E-state index in [0.29, 0.717) is 6.42 Å². The minimum atomic E-state index is 0.708. The van der Waals surface area contributed by atoms with Crippen molar-refractivity contribution in [1.82, 2.24) is 15.0 Å². The number of fused-ring (bicyclic) bond motifs is 1. The lowest BCUT2D eigenvalue weighted by atomic mass is 10.1. The van der Waals surface area contributed by atoms with Gasteiger partial charge in [-0.05, 0) is 24.6 Å². The lowest BCUT2D eigenvalue weighted by Gasteiger charge is -2.05. The van der Waals surface area contributed by atoms with Crippen LogP contribution in [0.25, 0.3) is 11.2 Å². The number of hydrogen-bond donors (Lipinski definition) is 1. The molecule has 1 N–H and O–H groups in total. The summed E-state index contributed by atoms with van der Waals surface area (Å²) in [4.78, 5) is 12.1. The Morgan fingerprint density at radius 3 is 2.95 bits per heavy atom. The van der Waals surface area contributed by atoms with Crippen molar-refractivity contribution >= 4 is 11.2 Å². The third-order valence-corrected chi connectivity index (χ3v) is 3.07. The van der Waals surface area contributed by atoms with Crippen molar-refractivity contribution in [2.75, 3.05) is 7.11 Å². The molecule has 4 heteroatoms. The monoisotopic (exact) mass is 253 g/mol. The van der Waals surface area contributed by atoms with Crippen LogP contribution in [0.5, 0.6) is 5.75 Å². The Kier molecular flexibility index (Phi) is 2.91. The maximum absolute atomic E-state index is 5.35. The average molecular weight is 253 g/mol. The summed E-state index contributed by atoms with van der Waals surface area (Å²) in [5.74, 6) is 1.78. The molecule has 0 atom stereocenters. The van der Waals surface area contributed by atoms with Gasteiger partial charge >= 0.3 is 0 Å².